The van der Waals surface area contributed by atoms with E-state index in [0.717, 1.165) is 17.0 Å². The minimum absolute atomic E-state index is 0. The van der Waals surface area contributed by atoms with E-state index >= 15 is 0 Å². The summed E-state index contributed by atoms with van der Waals surface area (Å²) in [6, 6.07) is 0. The lowest BCUT2D eigenvalue weighted by Crippen LogP contribution is -2.55. The fourth-order valence-corrected chi connectivity index (χ4v) is 1.91. The van der Waals surface area contributed by atoms with Crippen LogP contribution >= 0.6 is 12.4 Å². The quantitative estimate of drug-likeness (QED) is 0.843. The standard InChI is InChI=1S/C14H25N3O2.ClH/c1-9(2)14(5,8-15)16-13(18)7-6-12-10(3)17-19-11(12)4;/h9H,6-8,15H2,1-5H3,(H,16,18);1H. The number of aromatic nitrogens is 1. The summed E-state index contributed by atoms with van der Waals surface area (Å²) in [4.78, 5) is 12.0. The number of hydrogen-bond acceptors (Lipinski definition) is 4. The van der Waals surface area contributed by atoms with Gasteiger partial charge in [-0.3, -0.25) is 4.79 Å². The van der Waals surface area contributed by atoms with E-state index in [2.05, 4.69) is 24.3 Å². The molecule has 20 heavy (non-hydrogen) atoms. The topological polar surface area (TPSA) is 81.2 Å². The van der Waals surface area contributed by atoms with Crippen molar-refractivity contribution >= 4 is 18.3 Å². The molecule has 1 atom stereocenters. The number of hydrogen-bond donors (Lipinski definition) is 2. The van der Waals surface area contributed by atoms with Crippen LogP contribution < -0.4 is 11.1 Å². The largest absolute Gasteiger partial charge is 0.361 e. The molecule has 1 heterocycles. The highest BCUT2D eigenvalue weighted by molar-refractivity contribution is 5.85. The zero-order valence-electron chi connectivity index (χ0n) is 12.9. The van der Waals surface area contributed by atoms with E-state index in [1.807, 2.05) is 20.8 Å². The molecule has 0 bridgehead atoms. The van der Waals surface area contributed by atoms with Crippen LogP contribution in [0, 0.1) is 19.8 Å². The fraction of sp³-hybridized carbons (Fsp3) is 0.714. The Balaban J connectivity index is 0.00000361. The predicted molar refractivity (Wildman–Crippen MR) is 82.0 cm³/mol. The molecule has 0 radical (unpaired) electrons. The number of carbonyl (C=O) groups excluding carboxylic acids is 1. The van der Waals surface area contributed by atoms with Crippen LogP contribution in [0.4, 0.5) is 0 Å². The Kier molecular flexibility index (Phi) is 7.23. The molecule has 0 aliphatic rings. The molecule has 0 aromatic carbocycles. The molecular weight excluding hydrogens is 278 g/mol. The maximum absolute atomic E-state index is 12.0. The molecule has 3 N–H and O–H groups in total. The molecule has 1 amide bonds. The maximum Gasteiger partial charge on any atom is 0.220 e. The van der Waals surface area contributed by atoms with Crippen molar-refractivity contribution in [1.29, 1.82) is 0 Å². The van der Waals surface area contributed by atoms with Crippen LogP contribution in [0.25, 0.3) is 0 Å². The van der Waals surface area contributed by atoms with Crippen molar-refractivity contribution in [2.75, 3.05) is 6.54 Å². The van der Waals surface area contributed by atoms with E-state index in [0.29, 0.717) is 25.3 Å². The van der Waals surface area contributed by atoms with Crippen LogP contribution in [-0.2, 0) is 11.2 Å². The van der Waals surface area contributed by atoms with Crippen molar-refractivity contribution in [3.63, 3.8) is 0 Å². The SMILES string of the molecule is Cc1noc(C)c1CCC(=O)NC(C)(CN)C(C)C.Cl. The van der Waals surface area contributed by atoms with Gasteiger partial charge in [0.25, 0.3) is 0 Å². The lowest BCUT2D eigenvalue weighted by Gasteiger charge is -2.33. The van der Waals surface area contributed by atoms with E-state index in [4.69, 9.17) is 10.3 Å². The third-order valence-corrected chi connectivity index (χ3v) is 3.91. The number of halogens is 1. The average Bonchev–Trinajstić information content (AvgIpc) is 2.66. The highest BCUT2D eigenvalue weighted by atomic mass is 35.5. The van der Waals surface area contributed by atoms with Crippen molar-refractivity contribution in [2.24, 2.45) is 11.7 Å². The molecule has 0 saturated heterocycles. The van der Waals surface area contributed by atoms with E-state index < -0.39 is 0 Å². The third-order valence-electron chi connectivity index (χ3n) is 3.91. The Hall–Kier alpha value is -1.07. The van der Waals surface area contributed by atoms with Crippen LogP contribution in [0.15, 0.2) is 4.52 Å². The first-order chi connectivity index (χ1) is 8.80. The van der Waals surface area contributed by atoms with Gasteiger partial charge in [0.2, 0.25) is 5.91 Å². The smallest absolute Gasteiger partial charge is 0.220 e. The minimum atomic E-state index is -0.351. The van der Waals surface area contributed by atoms with Gasteiger partial charge in [0.15, 0.2) is 0 Å². The zero-order chi connectivity index (χ0) is 14.6. The molecule has 1 aromatic heterocycles. The normalized spacial score (nSPS) is 13.8. The van der Waals surface area contributed by atoms with Crippen molar-refractivity contribution in [2.45, 2.75) is 53.0 Å². The molecule has 0 saturated carbocycles. The first kappa shape index (κ1) is 18.9. The van der Waals surface area contributed by atoms with Gasteiger partial charge in [-0.05, 0) is 33.1 Å². The van der Waals surface area contributed by atoms with Gasteiger partial charge in [0, 0.05) is 18.5 Å². The van der Waals surface area contributed by atoms with E-state index in [9.17, 15) is 4.79 Å². The number of aryl methyl sites for hydroxylation is 2. The minimum Gasteiger partial charge on any atom is -0.361 e. The van der Waals surface area contributed by atoms with Crippen molar-refractivity contribution in [1.82, 2.24) is 10.5 Å². The highest BCUT2D eigenvalue weighted by Gasteiger charge is 2.28. The first-order valence-electron chi connectivity index (χ1n) is 6.73. The summed E-state index contributed by atoms with van der Waals surface area (Å²) >= 11 is 0. The summed E-state index contributed by atoms with van der Waals surface area (Å²) in [5, 5.41) is 6.92. The van der Waals surface area contributed by atoms with Crippen LogP contribution in [0.5, 0.6) is 0 Å². The van der Waals surface area contributed by atoms with E-state index in [1.165, 1.54) is 0 Å². The van der Waals surface area contributed by atoms with Gasteiger partial charge < -0.3 is 15.6 Å². The van der Waals surface area contributed by atoms with Crippen LogP contribution in [-0.4, -0.2) is 23.1 Å². The molecule has 0 spiro atoms. The second-order valence-electron chi connectivity index (χ2n) is 5.63. The lowest BCUT2D eigenvalue weighted by molar-refractivity contribution is -0.123. The Morgan fingerprint density at radius 3 is 2.45 bits per heavy atom. The summed E-state index contributed by atoms with van der Waals surface area (Å²) in [5.41, 5.74) is 7.28. The second-order valence-corrected chi connectivity index (χ2v) is 5.63. The van der Waals surface area contributed by atoms with Crippen LogP contribution in [0.2, 0.25) is 0 Å². The number of amides is 1. The molecule has 5 nitrogen and oxygen atoms in total. The van der Waals surface area contributed by atoms with Crippen molar-refractivity contribution in [3.05, 3.63) is 17.0 Å². The summed E-state index contributed by atoms with van der Waals surface area (Å²) in [5.74, 6) is 1.10. The number of nitrogens with one attached hydrogen (secondary N) is 1. The Labute approximate surface area is 127 Å². The Morgan fingerprint density at radius 2 is 2.05 bits per heavy atom. The lowest BCUT2D eigenvalue weighted by atomic mass is 9.88. The molecule has 0 aliphatic carbocycles. The third kappa shape index (κ3) is 4.49. The maximum atomic E-state index is 12.0. The van der Waals surface area contributed by atoms with Gasteiger partial charge in [-0.25, -0.2) is 0 Å². The molecule has 1 unspecified atom stereocenters. The second kappa shape index (κ2) is 7.64. The van der Waals surface area contributed by atoms with Gasteiger partial charge in [-0.2, -0.15) is 0 Å². The average molecular weight is 304 g/mol. The Morgan fingerprint density at radius 1 is 1.45 bits per heavy atom. The van der Waals surface area contributed by atoms with Gasteiger partial charge in [0.1, 0.15) is 5.76 Å². The summed E-state index contributed by atoms with van der Waals surface area (Å²) in [7, 11) is 0. The van der Waals surface area contributed by atoms with Gasteiger partial charge in [-0.15, -0.1) is 12.4 Å². The Bertz CT molecular complexity index is 426. The molecule has 0 fully saturated rings. The fourth-order valence-electron chi connectivity index (χ4n) is 1.91. The van der Waals surface area contributed by atoms with Crippen molar-refractivity contribution in [3.8, 4) is 0 Å². The van der Waals surface area contributed by atoms with Crippen molar-refractivity contribution < 1.29 is 9.32 Å². The highest BCUT2D eigenvalue weighted by Crippen LogP contribution is 2.17. The zero-order valence-corrected chi connectivity index (χ0v) is 13.8. The van der Waals surface area contributed by atoms with Crippen LogP contribution in [0.3, 0.4) is 0 Å². The predicted octanol–water partition coefficient (Wildman–Crippen LogP) is 2.14. The van der Waals surface area contributed by atoms with Crippen LogP contribution in [0.1, 0.15) is 44.2 Å². The molecule has 116 valence electrons. The first-order valence-corrected chi connectivity index (χ1v) is 6.73. The monoisotopic (exact) mass is 303 g/mol. The van der Waals surface area contributed by atoms with Gasteiger partial charge in [-0.1, -0.05) is 19.0 Å². The number of rotatable bonds is 6. The number of nitrogens with zero attached hydrogens (tertiary/aromatic N) is 1. The molecular formula is C14H26ClN3O2. The summed E-state index contributed by atoms with van der Waals surface area (Å²) in [6.07, 6.45) is 1.07. The number of nitrogens with two attached hydrogens (primary N) is 1. The van der Waals surface area contributed by atoms with Gasteiger partial charge >= 0.3 is 0 Å². The molecule has 6 heteroatoms. The van der Waals surface area contributed by atoms with E-state index in [-0.39, 0.29) is 23.9 Å². The summed E-state index contributed by atoms with van der Waals surface area (Å²) in [6.45, 7) is 10.3. The number of carbonyl (C=O) groups is 1. The molecule has 1 aromatic rings. The van der Waals surface area contributed by atoms with Gasteiger partial charge in [0.05, 0.1) is 11.2 Å². The van der Waals surface area contributed by atoms with E-state index in [1.54, 1.807) is 0 Å². The summed E-state index contributed by atoms with van der Waals surface area (Å²) < 4.78 is 5.09. The molecule has 0 aliphatic heterocycles. The molecule has 1 rings (SSSR count).